The summed E-state index contributed by atoms with van der Waals surface area (Å²) in [6.45, 7) is 1.71. The number of benzene rings is 1. The first kappa shape index (κ1) is 16.0. The quantitative estimate of drug-likeness (QED) is 0.791. The minimum Gasteiger partial charge on any atom is -0.388 e. The van der Waals surface area contributed by atoms with Gasteiger partial charge in [-0.25, -0.2) is 0 Å². The second-order valence-corrected chi connectivity index (χ2v) is 7.52. The van der Waals surface area contributed by atoms with Gasteiger partial charge < -0.3 is 10.0 Å². The fourth-order valence-electron chi connectivity index (χ4n) is 2.06. The van der Waals surface area contributed by atoms with Crippen molar-refractivity contribution < 1.29 is 5.11 Å². The van der Waals surface area contributed by atoms with Gasteiger partial charge in [0, 0.05) is 18.1 Å². The molecule has 1 atom stereocenters. The fraction of sp³-hybridized carbons (Fsp3) is 0.333. The lowest BCUT2D eigenvalue weighted by Gasteiger charge is -2.19. The summed E-state index contributed by atoms with van der Waals surface area (Å²) in [7, 11) is 2.06. The summed E-state index contributed by atoms with van der Waals surface area (Å²) in [4.78, 5) is 2.20. The molecule has 0 fully saturated rings. The van der Waals surface area contributed by atoms with E-state index in [1.807, 2.05) is 24.3 Å². The zero-order valence-electron chi connectivity index (χ0n) is 11.2. The molecule has 0 aliphatic rings. The Hall–Kier alpha value is -0.390. The summed E-state index contributed by atoms with van der Waals surface area (Å²) in [5, 5.41) is 13.0. The molecule has 108 valence electrons. The van der Waals surface area contributed by atoms with E-state index in [0.717, 1.165) is 22.4 Å². The lowest BCUT2D eigenvalue weighted by Crippen LogP contribution is -2.20. The molecule has 0 saturated heterocycles. The Morgan fingerprint density at radius 3 is 2.80 bits per heavy atom. The van der Waals surface area contributed by atoms with E-state index in [4.69, 9.17) is 11.6 Å². The molecule has 0 amide bonds. The summed E-state index contributed by atoms with van der Waals surface area (Å²) in [6.07, 6.45) is 0.159. The Morgan fingerprint density at radius 1 is 1.40 bits per heavy atom. The standard InChI is InChI=1S/C15H17BrClNOS/c1-18(9-11-8-15(16)20-10-11)7-6-14(19)12-4-2-3-5-13(12)17/h2-5,8,10,14,19H,6-7,9H2,1H3. The van der Waals surface area contributed by atoms with Crippen LogP contribution in [0.25, 0.3) is 0 Å². The van der Waals surface area contributed by atoms with E-state index in [2.05, 4.69) is 39.3 Å². The second-order valence-electron chi connectivity index (χ2n) is 4.82. The van der Waals surface area contributed by atoms with Gasteiger partial charge in [0.25, 0.3) is 0 Å². The van der Waals surface area contributed by atoms with Crippen molar-refractivity contribution in [1.82, 2.24) is 4.90 Å². The number of nitrogens with zero attached hydrogens (tertiary/aromatic N) is 1. The van der Waals surface area contributed by atoms with E-state index < -0.39 is 6.10 Å². The zero-order chi connectivity index (χ0) is 14.5. The molecule has 0 saturated carbocycles. The predicted octanol–water partition coefficient (Wildman–Crippen LogP) is 4.72. The van der Waals surface area contributed by atoms with Crippen LogP contribution in [0.4, 0.5) is 0 Å². The van der Waals surface area contributed by atoms with Gasteiger partial charge in [-0.3, -0.25) is 0 Å². The van der Waals surface area contributed by atoms with Crippen molar-refractivity contribution in [1.29, 1.82) is 0 Å². The van der Waals surface area contributed by atoms with E-state index in [-0.39, 0.29) is 0 Å². The van der Waals surface area contributed by atoms with E-state index in [1.54, 1.807) is 11.3 Å². The topological polar surface area (TPSA) is 23.5 Å². The molecule has 1 N–H and O–H groups in total. The molecule has 5 heteroatoms. The first-order valence-corrected chi connectivity index (χ1v) is 8.45. The summed E-state index contributed by atoms with van der Waals surface area (Å²) in [5.41, 5.74) is 2.09. The van der Waals surface area contributed by atoms with Gasteiger partial charge in [0.2, 0.25) is 0 Å². The molecule has 2 rings (SSSR count). The van der Waals surface area contributed by atoms with Gasteiger partial charge in [0.1, 0.15) is 0 Å². The maximum Gasteiger partial charge on any atom is 0.0816 e. The number of thiophene rings is 1. The van der Waals surface area contributed by atoms with Gasteiger partial charge in [-0.05, 0) is 58.0 Å². The molecule has 0 bridgehead atoms. The Balaban J connectivity index is 1.84. The Kier molecular flexibility index (Phi) is 6.05. The van der Waals surface area contributed by atoms with Crippen LogP contribution in [-0.4, -0.2) is 23.6 Å². The second kappa shape index (κ2) is 7.57. The highest BCUT2D eigenvalue weighted by Crippen LogP contribution is 2.25. The number of halogens is 2. The molecule has 0 radical (unpaired) electrons. The van der Waals surface area contributed by atoms with Gasteiger partial charge in [0.05, 0.1) is 9.89 Å². The summed E-state index contributed by atoms with van der Waals surface area (Å²) in [6, 6.07) is 9.59. The van der Waals surface area contributed by atoms with Crippen LogP contribution in [-0.2, 0) is 6.54 Å². The lowest BCUT2D eigenvalue weighted by molar-refractivity contribution is 0.148. The average molecular weight is 375 g/mol. The molecule has 20 heavy (non-hydrogen) atoms. The van der Waals surface area contributed by atoms with Gasteiger partial charge in [0.15, 0.2) is 0 Å². The normalized spacial score (nSPS) is 12.8. The van der Waals surface area contributed by atoms with Gasteiger partial charge in [-0.1, -0.05) is 29.8 Å². The molecule has 0 aliphatic heterocycles. The third-order valence-corrected chi connectivity index (χ3v) is 5.02. The SMILES string of the molecule is CN(CCC(O)c1ccccc1Cl)Cc1csc(Br)c1. The van der Waals surface area contributed by atoms with Crippen molar-refractivity contribution >= 4 is 38.9 Å². The maximum absolute atomic E-state index is 10.2. The summed E-state index contributed by atoms with van der Waals surface area (Å²) < 4.78 is 1.15. The Bertz CT molecular complexity index is 560. The minimum atomic E-state index is -0.514. The molecular weight excluding hydrogens is 358 g/mol. The summed E-state index contributed by atoms with van der Waals surface area (Å²) >= 11 is 11.3. The maximum atomic E-state index is 10.2. The van der Waals surface area contributed by atoms with Gasteiger partial charge in [-0.2, -0.15) is 0 Å². The molecule has 0 spiro atoms. The number of aliphatic hydroxyl groups is 1. The van der Waals surface area contributed by atoms with Crippen LogP contribution >= 0.6 is 38.9 Å². The average Bonchev–Trinajstić information content (AvgIpc) is 2.82. The highest BCUT2D eigenvalue weighted by molar-refractivity contribution is 9.11. The number of aliphatic hydroxyl groups excluding tert-OH is 1. The van der Waals surface area contributed by atoms with Crippen molar-refractivity contribution in [3.8, 4) is 0 Å². The van der Waals surface area contributed by atoms with Crippen molar-refractivity contribution in [2.24, 2.45) is 0 Å². The minimum absolute atomic E-state index is 0.514. The zero-order valence-corrected chi connectivity index (χ0v) is 14.4. The highest BCUT2D eigenvalue weighted by atomic mass is 79.9. The number of hydrogen-bond acceptors (Lipinski definition) is 3. The molecule has 1 unspecified atom stereocenters. The smallest absolute Gasteiger partial charge is 0.0816 e. The third kappa shape index (κ3) is 4.57. The lowest BCUT2D eigenvalue weighted by atomic mass is 10.1. The van der Waals surface area contributed by atoms with E-state index in [9.17, 15) is 5.11 Å². The van der Waals surface area contributed by atoms with Crippen LogP contribution in [0.5, 0.6) is 0 Å². The molecule has 0 aliphatic carbocycles. The molecular formula is C15H17BrClNOS. The molecule has 1 aromatic carbocycles. The largest absolute Gasteiger partial charge is 0.388 e. The van der Waals surface area contributed by atoms with Crippen LogP contribution in [0.1, 0.15) is 23.7 Å². The molecule has 2 nitrogen and oxygen atoms in total. The van der Waals surface area contributed by atoms with Crippen molar-refractivity contribution in [3.63, 3.8) is 0 Å². The number of hydrogen-bond donors (Lipinski definition) is 1. The van der Waals surface area contributed by atoms with Crippen LogP contribution < -0.4 is 0 Å². The monoisotopic (exact) mass is 373 g/mol. The van der Waals surface area contributed by atoms with E-state index >= 15 is 0 Å². The van der Waals surface area contributed by atoms with Crippen LogP contribution in [0, 0.1) is 0 Å². The number of rotatable bonds is 6. The van der Waals surface area contributed by atoms with Gasteiger partial charge >= 0.3 is 0 Å². The van der Waals surface area contributed by atoms with Crippen LogP contribution in [0.15, 0.2) is 39.5 Å². The van der Waals surface area contributed by atoms with Crippen LogP contribution in [0.2, 0.25) is 5.02 Å². The van der Waals surface area contributed by atoms with Crippen molar-refractivity contribution in [2.75, 3.05) is 13.6 Å². The predicted molar refractivity (Wildman–Crippen MR) is 89.4 cm³/mol. The van der Waals surface area contributed by atoms with E-state index in [0.29, 0.717) is 11.4 Å². The summed E-state index contributed by atoms with van der Waals surface area (Å²) in [5.74, 6) is 0. The molecule has 2 aromatic rings. The third-order valence-electron chi connectivity index (χ3n) is 3.12. The molecule has 1 heterocycles. The van der Waals surface area contributed by atoms with Gasteiger partial charge in [-0.15, -0.1) is 11.3 Å². The van der Waals surface area contributed by atoms with Crippen LogP contribution in [0.3, 0.4) is 0 Å². The Morgan fingerprint density at radius 2 is 2.15 bits per heavy atom. The highest BCUT2D eigenvalue weighted by Gasteiger charge is 2.12. The van der Waals surface area contributed by atoms with E-state index in [1.165, 1.54) is 5.56 Å². The first-order chi connectivity index (χ1) is 9.56. The fourth-order valence-corrected chi connectivity index (χ4v) is 3.52. The Labute approximate surface area is 137 Å². The first-order valence-electron chi connectivity index (χ1n) is 6.40. The van der Waals surface area contributed by atoms with Crippen molar-refractivity contribution in [3.05, 3.63) is 55.6 Å². The molecule has 1 aromatic heterocycles. The van der Waals surface area contributed by atoms with Crippen molar-refractivity contribution in [2.45, 2.75) is 19.1 Å².